The Morgan fingerprint density at radius 2 is 2.26 bits per heavy atom. The predicted molar refractivity (Wildman–Crippen MR) is 80.1 cm³/mol. The van der Waals surface area contributed by atoms with Crippen molar-refractivity contribution in [2.45, 2.75) is 19.1 Å². The van der Waals surface area contributed by atoms with E-state index in [1.807, 2.05) is 25.2 Å². The molecule has 1 aliphatic heterocycles. The Labute approximate surface area is 124 Å². The molecule has 0 radical (unpaired) electrons. The van der Waals surface area contributed by atoms with E-state index >= 15 is 0 Å². The zero-order valence-electron chi connectivity index (χ0n) is 11.3. The van der Waals surface area contributed by atoms with Crippen LogP contribution in [-0.2, 0) is 4.74 Å². The Balaban J connectivity index is 2.10. The first kappa shape index (κ1) is 15.1. The molecule has 19 heavy (non-hydrogen) atoms. The third-order valence-electron chi connectivity index (χ3n) is 3.56. The summed E-state index contributed by atoms with van der Waals surface area (Å²) < 4.78 is 5.73. The van der Waals surface area contributed by atoms with Crippen molar-refractivity contribution in [2.24, 2.45) is 0 Å². The van der Waals surface area contributed by atoms with Gasteiger partial charge in [0.05, 0.1) is 12.7 Å². The second-order valence-corrected chi connectivity index (χ2v) is 5.73. The van der Waals surface area contributed by atoms with Gasteiger partial charge in [-0.05, 0) is 37.7 Å². The standard InChI is InChI=1S/C14H20Cl2N2O/c1-10(13-7-11(15)3-4-14(13)16)18-5-6-19-12(9-18)8-17-2/h3-4,7,10,12,17H,5-6,8-9H2,1-2H3. The molecular weight excluding hydrogens is 283 g/mol. The average molecular weight is 303 g/mol. The third-order valence-corrected chi connectivity index (χ3v) is 4.14. The molecule has 1 aromatic carbocycles. The van der Waals surface area contributed by atoms with Crippen molar-refractivity contribution in [3.05, 3.63) is 33.8 Å². The van der Waals surface area contributed by atoms with Gasteiger partial charge in [-0.1, -0.05) is 23.2 Å². The van der Waals surface area contributed by atoms with E-state index in [1.165, 1.54) is 0 Å². The van der Waals surface area contributed by atoms with Gasteiger partial charge in [-0.15, -0.1) is 0 Å². The van der Waals surface area contributed by atoms with Crippen molar-refractivity contribution >= 4 is 23.2 Å². The summed E-state index contributed by atoms with van der Waals surface area (Å²) >= 11 is 12.3. The Kier molecular flexibility index (Phi) is 5.48. The third kappa shape index (κ3) is 3.83. The SMILES string of the molecule is CNCC1CN(C(C)c2cc(Cl)ccc2Cl)CCO1. The van der Waals surface area contributed by atoms with E-state index in [0.29, 0.717) is 0 Å². The lowest BCUT2D eigenvalue weighted by atomic mass is 10.1. The highest BCUT2D eigenvalue weighted by Crippen LogP contribution is 2.30. The van der Waals surface area contributed by atoms with Crippen LogP contribution in [0.4, 0.5) is 0 Å². The van der Waals surface area contributed by atoms with Crippen LogP contribution < -0.4 is 5.32 Å². The molecule has 2 unspecified atom stereocenters. The van der Waals surface area contributed by atoms with Gasteiger partial charge < -0.3 is 10.1 Å². The van der Waals surface area contributed by atoms with Crippen molar-refractivity contribution in [1.82, 2.24) is 10.2 Å². The number of hydrogen-bond acceptors (Lipinski definition) is 3. The molecule has 0 saturated carbocycles. The topological polar surface area (TPSA) is 24.5 Å². The molecule has 5 heteroatoms. The van der Waals surface area contributed by atoms with E-state index < -0.39 is 0 Å². The second-order valence-electron chi connectivity index (χ2n) is 4.89. The molecule has 1 aromatic rings. The molecule has 3 nitrogen and oxygen atoms in total. The predicted octanol–water partition coefficient (Wildman–Crippen LogP) is 2.97. The quantitative estimate of drug-likeness (QED) is 0.925. The molecule has 0 aliphatic carbocycles. The lowest BCUT2D eigenvalue weighted by Crippen LogP contribution is -2.47. The number of morpholine rings is 1. The average Bonchev–Trinajstić information content (AvgIpc) is 2.41. The van der Waals surface area contributed by atoms with Gasteiger partial charge in [-0.3, -0.25) is 4.90 Å². The van der Waals surface area contributed by atoms with Gasteiger partial charge in [-0.25, -0.2) is 0 Å². The van der Waals surface area contributed by atoms with E-state index in [-0.39, 0.29) is 12.1 Å². The number of nitrogens with one attached hydrogen (secondary N) is 1. The second kappa shape index (κ2) is 6.91. The minimum Gasteiger partial charge on any atom is -0.374 e. The van der Waals surface area contributed by atoms with Crippen LogP contribution in [0.25, 0.3) is 0 Å². The lowest BCUT2D eigenvalue weighted by molar-refractivity contribution is -0.0393. The molecule has 1 fully saturated rings. The number of benzene rings is 1. The Morgan fingerprint density at radius 3 is 3.00 bits per heavy atom. The molecule has 0 amide bonds. The van der Waals surface area contributed by atoms with Crippen LogP contribution >= 0.6 is 23.2 Å². The van der Waals surface area contributed by atoms with E-state index in [0.717, 1.165) is 41.8 Å². The molecule has 106 valence electrons. The largest absolute Gasteiger partial charge is 0.374 e. The zero-order chi connectivity index (χ0) is 13.8. The number of nitrogens with zero attached hydrogens (tertiary/aromatic N) is 1. The van der Waals surface area contributed by atoms with Crippen LogP contribution in [0, 0.1) is 0 Å². The van der Waals surface area contributed by atoms with Gasteiger partial charge in [0.15, 0.2) is 0 Å². The first-order chi connectivity index (χ1) is 9.11. The lowest BCUT2D eigenvalue weighted by Gasteiger charge is -2.37. The highest BCUT2D eigenvalue weighted by molar-refractivity contribution is 6.33. The molecular formula is C14H20Cl2N2O. The molecule has 1 heterocycles. The van der Waals surface area contributed by atoms with Gasteiger partial charge in [0, 0.05) is 35.7 Å². The molecule has 0 spiro atoms. The summed E-state index contributed by atoms with van der Waals surface area (Å²) in [6.07, 6.45) is 0.235. The molecule has 1 N–H and O–H groups in total. The van der Waals surface area contributed by atoms with Crippen LogP contribution in [0.3, 0.4) is 0 Å². The fraction of sp³-hybridized carbons (Fsp3) is 0.571. The van der Waals surface area contributed by atoms with Crippen molar-refractivity contribution in [3.63, 3.8) is 0 Å². The number of likely N-dealkylation sites (N-methyl/N-ethyl adjacent to an activating group) is 1. The smallest absolute Gasteiger partial charge is 0.0826 e. The maximum atomic E-state index is 6.28. The highest BCUT2D eigenvalue weighted by Gasteiger charge is 2.25. The Morgan fingerprint density at radius 1 is 1.47 bits per heavy atom. The fourth-order valence-electron chi connectivity index (χ4n) is 2.48. The maximum Gasteiger partial charge on any atom is 0.0826 e. The fourth-order valence-corrected chi connectivity index (χ4v) is 2.93. The van der Waals surface area contributed by atoms with Crippen LogP contribution in [0.1, 0.15) is 18.5 Å². The van der Waals surface area contributed by atoms with Gasteiger partial charge in [0.2, 0.25) is 0 Å². The normalized spacial score (nSPS) is 22.4. The molecule has 2 atom stereocenters. The van der Waals surface area contributed by atoms with Gasteiger partial charge in [0.25, 0.3) is 0 Å². The maximum absolute atomic E-state index is 6.28. The summed E-state index contributed by atoms with van der Waals surface area (Å²) in [7, 11) is 1.94. The first-order valence-electron chi connectivity index (χ1n) is 6.57. The molecule has 0 bridgehead atoms. The summed E-state index contributed by atoms with van der Waals surface area (Å²) in [5.41, 5.74) is 1.08. The van der Waals surface area contributed by atoms with Crippen molar-refractivity contribution < 1.29 is 4.74 Å². The number of hydrogen-bond donors (Lipinski definition) is 1. The van der Waals surface area contributed by atoms with E-state index in [2.05, 4.69) is 17.1 Å². The number of ether oxygens (including phenoxy) is 1. The zero-order valence-corrected chi connectivity index (χ0v) is 12.8. The molecule has 2 rings (SSSR count). The molecule has 1 saturated heterocycles. The van der Waals surface area contributed by atoms with Crippen LogP contribution in [0.2, 0.25) is 10.0 Å². The molecule has 1 aliphatic rings. The summed E-state index contributed by atoms with van der Waals surface area (Å²) in [6, 6.07) is 5.89. The van der Waals surface area contributed by atoms with Gasteiger partial charge in [0.1, 0.15) is 0 Å². The highest BCUT2D eigenvalue weighted by atomic mass is 35.5. The Hall–Kier alpha value is -0.320. The minimum atomic E-state index is 0.235. The summed E-state index contributed by atoms with van der Waals surface area (Å²) in [4.78, 5) is 2.39. The van der Waals surface area contributed by atoms with E-state index in [4.69, 9.17) is 27.9 Å². The summed E-state index contributed by atoms with van der Waals surface area (Å²) in [5.74, 6) is 0. The van der Waals surface area contributed by atoms with Crippen LogP contribution in [0.15, 0.2) is 18.2 Å². The van der Waals surface area contributed by atoms with Crippen molar-refractivity contribution in [1.29, 1.82) is 0 Å². The van der Waals surface area contributed by atoms with Gasteiger partial charge >= 0.3 is 0 Å². The van der Waals surface area contributed by atoms with E-state index in [1.54, 1.807) is 0 Å². The summed E-state index contributed by atoms with van der Waals surface area (Å²) in [6.45, 7) is 5.62. The molecule has 0 aromatic heterocycles. The summed E-state index contributed by atoms with van der Waals surface area (Å²) in [5, 5.41) is 4.66. The van der Waals surface area contributed by atoms with Crippen molar-refractivity contribution in [2.75, 3.05) is 33.3 Å². The van der Waals surface area contributed by atoms with E-state index in [9.17, 15) is 0 Å². The Bertz CT molecular complexity index is 426. The minimum absolute atomic E-state index is 0.235. The van der Waals surface area contributed by atoms with Gasteiger partial charge in [-0.2, -0.15) is 0 Å². The number of rotatable bonds is 4. The van der Waals surface area contributed by atoms with Crippen molar-refractivity contribution in [3.8, 4) is 0 Å². The van der Waals surface area contributed by atoms with Crippen LogP contribution in [-0.4, -0.2) is 44.3 Å². The monoisotopic (exact) mass is 302 g/mol. The first-order valence-corrected chi connectivity index (χ1v) is 7.32. The number of halogens is 2. The van der Waals surface area contributed by atoms with Crippen LogP contribution in [0.5, 0.6) is 0 Å².